The Morgan fingerprint density at radius 3 is 2.40 bits per heavy atom. The van der Waals surface area contributed by atoms with Gasteiger partial charge in [0.25, 0.3) is 0 Å². The summed E-state index contributed by atoms with van der Waals surface area (Å²) >= 11 is 0. The molecule has 3 heteroatoms. The summed E-state index contributed by atoms with van der Waals surface area (Å²) in [6.45, 7) is 8.11. The van der Waals surface area contributed by atoms with Crippen molar-refractivity contribution in [2.75, 3.05) is 5.73 Å². The fourth-order valence-electron chi connectivity index (χ4n) is 1.07. The van der Waals surface area contributed by atoms with Gasteiger partial charge in [0.2, 0.25) is 0 Å². The van der Waals surface area contributed by atoms with E-state index in [9.17, 15) is 4.39 Å². The average Bonchev–Trinajstić information content (AvgIpc) is 2.07. The number of nitrogens with two attached hydrogens (primary N) is 1. The second-order valence-electron chi connectivity index (χ2n) is 4.69. The van der Waals surface area contributed by atoms with E-state index in [1.54, 1.807) is 13.0 Å². The number of anilines is 1. The van der Waals surface area contributed by atoms with Gasteiger partial charge in [-0.3, -0.25) is 0 Å². The quantitative estimate of drug-likeness (QED) is 0.407. The number of hydrogen-bond donors (Lipinski definition) is 1. The molecule has 0 aliphatic rings. The van der Waals surface area contributed by atoms with Crippen molar-refractivity contribution >= 4 is 13.8 Å². The van der Waals surface area contributed by atoms with Crippen LogP contribution in [0.2, 0.25) is 19.6 Å². The molecule has 0 heterocycles. The van der Waals surface area contributed by atoms with E-state index in [2.05, 4.69) is 31.1 Å². The van der Waals surface area contributed by atoms with Gasteiger partial charge in [0.05, 0.1) is 0 Å². The maximum absolute atomic E-state index is 13.3. The number of aryl methyl sites for hydroxylation is 1. The molecular formula is C12H16FNSi. The van der Waals surface area contributed by atoms with E-state index >= 15 is 0 Å². The topological polar surface area (TPSA) is 26.0 Å². The first kappa shape index (κ1) is 11.8. The monoisotopic (exact) mass is 221 g/mol. The minimum atomic E-state index is -1.43. The van der Waals surface area contributed by atoms with Gasteiger partial charge < -0.3 is 5.73 Å². The normalized spacial score (nSPS) is 10.7. The van der Waals surface area contributed by atoms with Crippen molar-refractivity contribution in [3.63, 3.8) is 0 Å². The standard InChI is InChI=1S/C12H16FNSi/c1-9-7-12(14)10(8-11(9)13)5-6-15(2,3)4/h7-8H,14H2,1-4H3. The van der Waals surface area contributed by atoms with Gasteiger partial charge in [-0.2, -0.15) is 0 Å². The van der Waals surface area contributed by atoms with E-state index in [0.717, 1.165) is 0 Å². The molecule has 1 rings (SSSR count). The Morgan fingerprint density at radius 2 is 1.87 bits per heavy atom. The van der Waals surface area contributed by atoms with Crippen LogP contribution in [-0.2, 0) is 0 Å². The van der Waals surface area contributed by atoms with Crippen molar-refractivity contribution in [2.45, 2.75) is 26.6 Å². The summed E-state index contributed by atoms with van der Waals surface area (Å²) in [7, 11) is -1.43. The van der Waals surface area contributed by atoms with E-state index in [4.69, 9.17) is 5.73 Å². The number of benzene rings is 1. The molecule has 0 atom stereocenters. The molecule has 0 spiro atoms. The lowest BCUT2D eigenvalue weighted by Crippen LogP contribution is -2.16. The Hall–Kier alpha value is -1.27. The van der Waals surface area contributed by atoms with Crippen molar-refractivity contribution in [3.8, 4) is 11.5 Å². The molecule has 0 fully saturated rings. The maximum Gasteiger partial charge on any atom is 0.129 e. The summed E-state index contributed by atoms with van der Waals surface area (Å²) in [5.74, 6) is 2.72. The zero-order valence-electron chi connectivity index (χ0n) is 9.61. The van der Waals surface area contributed by atoms with Crippen LogP contribution in [0.25, 0.3) is 0 Å². The molecule has 0 radical (unpaired) electrons. The molecule has 0 amide bonds. The van der Waals surface area contributed by atoms with Crippen molar-refractivity contribution in [3.05, 3.63) is 29.1 Å². The molecule has 80 valence electrons. The largest absolute Gasteiger partial charge is 0.398 e. The third-order valence-corrected chi connectivity index (χ3v) is 2.78. The molecule has 1 nitrogen and oxygen atoms in total. The van der Waals surface area contributed by atoms with Crippen molar-refractivity contribution in [2.24, 2.45) is 0 Å². The van der Waals surface area contributed by atoms with Crippen molar-refractivity contribution in [1.29, 1.82) is 0 Å². The van der Waals surface area contributed by atoms with Crippen LogP contribution in [0.3, 0.4) is 0 Å². The molecule has 0 bridgehead atoms. The lowest BCUT2D eigenvalue weighted by atomic mass is 10.1. The summed E-state index contributed by atoms with van der Waals surface area (Å²) in [5.41, 5.74) is 10.6. The van der Waals surface area contributed by atoms with Gasteiger partial charge in [-0.1, -0.05) is 25.6 Å². The SMILES string of the molecule is Cc1cc(N)c(C#C[Si](C)(C)C)cc1F. The second kappa shape index (κ2) is 4.07. The average molecular weight is 221 g/mol. The molecular weight excluding hydrogens is 205 g/mol. The van der Waals surface area contributed by atoms with Crippen LogP contribution in [0.1, 0.15) is 11.1 Å². The Kier molecular flexibility index (Phi) is 3.20. The number of halogens is 1. The van der Waals surface area contributed by atoms with Gasteiger partial charge in [-0.25, -0.2) is 4.39 Å². The van der Waals surface area contributed by atoms with E-state index in [0.29, 0.717) is 16.8 Å². The number of rotatable bonds is 0. The predicted molar refractivity (Wildman–Crippen MR) is 65.8 cm³/mol. The highest BCUT2D eigenvalue weighted by Crippen LogP contribution is 2.16. The van der Waals surface area contributed by atoms with Crippen LogP contribution < -0.4 is 5.73 Å². The molecule has 0 saturated carbocycles. The summed E-state index contributed by atoms with van der Waals surface area (Å²) in [6, 6.07) is 3.04. The third kappa shape index (κ3) is 3.41. The Bertz CT molecular complexity index is 435. The highest BCUT2D eigenvalue weighted by atomic mass is 28.3. The van der Waals surface area contributed by atoms with Crippen molar-refractivity contribution in [1.82, 2.24) is 0 Å². The number of nitrogen functional groups attached to an aromatic ring is 1. The van der Waals surface area contributed by atoms with Crippen LogP contribution >= 0.6 is 0 Å². The van der Waals surface area contributed by atoms with Gasteiger partial charge in [0, 0.05) is 11.3 Å². The zero-order valence-corrected chi connectivity index (χ0v) is 10.6. The molecule has 2 N–H and O–H groups in total. The van der Waals surface area contributed by atoms with E-state index in [-0.39, 0.29) is 5.82 Å². The van der Waals surface area contributed by atoms with Crippen LogP contribution in [0.15, 0.2) is 12.1 Å². The Balaban J connectivity index is 3.15. The lowest BCUT2D eigenvalue weighted by Gasteiger charge is -2.05. The minimum absolute atomic E-state index is 0.246. The van der Waals surface area contributed by atoms with Crippen LogP contribution in [-0.4, -0.2) is 8.07 Å². The van der Waals surface area contributed by atoms with Gasteiger partial charge in [-0.15, -0.1) is 5.54 Å². The van der Waals surface area contributed by atoms with E-state index in [1.807, 2.05) is 0 Å². The summed E-state index contributed by atoms with van der Waals surface area (Å²) in [5, 5.41) is 0. The van der Waals surface area contributed by atoms with Gasteiger partial charge in [-0.05, 0) is 24.6 Å². The molecule has 1 aromatic carbocycles. The van der Waals surface area contributed by atoms with Crippen LogP contribution in [0.4, 0.5) is 10.1 Å². The number of hydrogen-bond acceptors (Lipinski definition) is 1. The van der Waals surface area contributed by atoms with Crippen LogP contribution in [0.5, 0.6) is 0 Å². The Morgan fingerprint density at radius 1 is 1.27 bits per heavy atom. The van der Waals surface area contributed by atoms with E-state index < -0.39 is 8.07 Å². The van der Waals surface area contributed by atoms with Gasteiger partial charge in [0.15, 0.2) is 0 Å². The first-order chi connectivity index (χ1) is 6.79. The molecule has 0 aliphatic heterocycles. The lowest BCUT2D eigenvalue weighted by molar-refractivity contribution is 0.618. The maximum atomic E-state index is 13.3. The van der Waals surface area contributed by atoms with Gasteiger partial charge >= 0.3 is 0 Å². The zero-order chi connectivity index (χ0) is 11.6. The molecule has 0 aliphatic carbocycles. The smallest absolute Gasteiger partial charge is 0.129 e. The summed E-state index contributed by atoms with van der Waals surface area (Å²) in [6.07, 6.45) is 0. The Labute approximate surface area is 91.5 Å². The highest BCUT2D eigenvalue weighted by Gasteiger charge is 2.08. The minimum Gasteiger partial charge on any atom is -0.398 e. The molecule has 0 unspecified atom stereocenters. The predicted octanol–water partition coefficient (Wildman–Crippen LogP) is 2.95. The fraction of sp³-hybridized carbons (Fsp3) is 0.333. The second-order valence-corrected chi connectivity index (χ2v) is 9.44. The summed E-state index contributed by atoms with van der Waals surface area (Å²) < 4.78 is 13.3. The fourth-order valence-corrected chi connectivity index (χ4v) is 1.58. The van der Waals surface area contributed by atoms with Crippen LogP contribution in [0, 0.1) is 24.2 Å². The molecule has 1 aromatic rings. The first-order valence-corrected chi connectivity index (χ1v) is 8.38. The van der Waals surface area contributed by atoms with Crippen molar-refractivity contribution < 1.29 is 4.39 Å². The molecule has 0 saturated heterocycles. The highest BCUT2D eigenvalue weighted by molar-refractivity contribution is 6.83. The molecule has 15 heavy (non-hydrogen) atoms. The molecule has 0 aromatic heterocycles. The third-order valence-electron chi connectivity index (χ3n) is 1.90. The van der Waals surface area contributed by atoms with Gasteiger partial charge in [0.1, 0.15) is 13.9 Å². The first-order valence-electron chi connectivity index (χ1n) is 4.88. The van der Waals surface area contributed by atoms with E-state index in [1.165, 1.54) is 6.07 Å². The summed E-state index contributed by atoms with van der Waals surface area (Å²) in [4.78, 5) is 0.